The lowest BCUT2D eigenvalue weighted by molar-refractivity contribution is 0.0442. The van der Waals surface area contributed by atoms with E-state index >= 15 is 0 Å². The Hall–Kier alpha value is -3.07. The van der Waals surface area contributed by atoms with Crippen molar-refractivity contribution in [3.8, 4) is 0 Å². The molecule has 0 aromatic heterocycles. The monoisotopic (exact) mass is 540 g/mol. The molecule has 0 spiro atoms. The summed E-state index contributed by atoms with van der Waals surface area (Å²) in [7, 11) is -1.65. The van der Waals surface area contributed by atoms with Crippen LogP contribution >= 0.6 is 0 Å². The van der Waals surface area contributed by atoms with Crippen LogP contribution in [0.2, 0.25) is 0 Å². The van der Waals surface area contributed by atoms with Crippen molar-refractivity contribution in [2.24, 2.45) is 0 Å². The largest absolute Gasteiger partial charge is 0.445 e. The molecule has 5 nitrogen and oxygen atoms in total. The van der Waals surface area contributed by atoms with E-state index in [-0.39, 0.29) is 31.6 Å². The molecule has 1 radical (unpaired) electrons. The van der Waals surface area contributed by atoms with Crippen molar-refractivity contribution >= 4 is 25.5 Å². The first kappa shape index (κ1) is 29.5. The highest BCUT2D eigenvalue weighted by atomic mass is 28.3. The summed E-state index contributed by atoms with van der Waals surface area (Å²) in [6, 6.07) is 27.2. The highest BCUT2D eigenvalue weighted by molar-refractivity contribution is 6.80. The van der Waals surface area contributed by atoms with Crippen molar-refractivity contribution in [2.45, 2.75) is 51.7 Å². The van der Waals surface area contributed by atoms with Gasteiger partial charge in [0.05, 0.1) is 19.3 Å². The molecule has 1 unspecified atom stereocenters. The third-order valence-corrected chi connectivity index (χ3v) is 8.19. The van der Waals surface area contributed by atoms with E-state index in [1.807, 2.05) is 36.4 Å². The highest BCUT2D eigenvalue weighted by Gasteiger charge is 2.24. The number of alkyl halides is 2. The van der Waals surface area contributed by atoms with Crippen LogP contribution in [0.4, 0.5) is 13.6 Å². The van der Waals surface area contributed by atoms with Crippen molar-refractivity contribution < 1.29 is 27.8 Å². The molecule has 0 heterocycles. The second-order valence-electron chi connectivity index (χ2n) is 10.2. The summed E-state index contributed by atoms with van der Waals surface area (Å²) in [5.74, 6) is 0. The van der Waals surface area contributed by atoms with Crippen LogP contribution in [0, 0.1) is 0 Å². The number of halogens is 2. The number of aliphatic hydroxyl groups excluding tert-OH is 1. The van der Waals surface area contributed by atoms with Crippen LogP contribution in [0.3, 0.4) is 0 Å². The van der Waals surface area contributed by atoms with Gasteiger partial charge in [-0.05, 0) is 33.3 Å². The van der Waals surface area contributed by atoms with Crippen molar-refractivity contribution in [2.75, 3.05) is 19.7 Å². The molecule has 1 amide bonds. The number of carbonyl (C=O) groups is 1. The zero-order valence-corrected chi connectivity index (χ0v) is 23.1. The minimum Gasteiger partial charge on any atom is -0.445 e. The van der Waals surface area contributed by atoms with Gasteiger partial charge >= 0.3 is 6.09 Å². The molecule has 203 valence electrons. The second kappa shape index (κ2) is 14.2. The molecule has 0 saturated heterocycles. The SMILES string of the molecule is CC(C)(C)c1ccc([Si](OCC(O)CCN(CC(F)F)C(=O)OCc2ccccc2)c2ccccc2)cc1. The van der Waals surface area contributed by atoms with Crippen LogP contribution < -0.4 is 10.4 Å². The molecule has 8 heteroatoms. The fourth-order valence-corrected chi connectivity index (χ4v) is 5.84. The number of hydrogen-bond donors (Lipinski definition) is 1. The molecule has 0 aliphatic carbocycles. The minimum atomic E-state index is -2.71. The molecule has 0 saturated carbocycles. The van der Waals surface area contributed by atoms with E-state index < -0.39 is 34.2 Å². The molecule has 3 aromatic carbocycles. The Morgan fingerprint density at radius 3 is 2.08 bits per heavy atom. The van der Waals surface area contributed by atoms with Crippen LogP contribution in [-0.4, -0.2) is 57.4 Å². The van der Waals surface area contributed by atoms with Crippen molar-refractivity contribution in [1.82, 2.24) is 4.90 Å². The second-order valence-corrected chi connectivity index (χ2v) is 12.3. The third kappa shape index (κ3) is 9.35. The Morgan fingerprint density at radius 2 is 1.50 bits per heavy atom. The molecule has 0 fully saturated rings. The topological polar surface area (TPSA) is 59.0 Å². The first-order chi connectivity index (χ1) is 18.1. The van der Waals surface area contributed by atoms with Gasteiger partial charge in [0.25, 0.3) is 15.5 Å². The van der Waals surface area contributed by atoms with E-state index in [9.17, 15) is 18.7 Å². The van der Waals surface area contributed by atoms with Gasteiger partial charge < -0.3 is 19.2 Å². The van der Waals surface area contributed by atoms with Gasteiger partial charge in [0, 0.05) is 6.54 Å². The van der Waals surface area contributed by atoms with Gasteiger partial charge in [-0.25, -0.2) is 13.6 Å². The zero-order chi connectivity index (χ0) is 27.5. The summed E-state index contributed by atoms with van der Waals surface area (Å²) >= 11 is 0. The van der Waals surface area contributed by atoms with Crippen LogP contribution in [0.5, 0.6) is 0 Å². The van der Waals surface area contributed by atoms with Crippen molar-refractivity contribution in [3.05, 3.63) is 96.1 Å². The Balaban J connectivity index is 1.60. The highest BCUT2D eigenvalue weighted by Crippen LogP contribution is 2.20. The number of ether oxygens (including phenoxy) is 1. The summed E-state index contributed by atoms with van der Waals surface area (Å²) in [6.45, 7) is 5.65. The molecule has 38 heavy (non-hydrogen) atoms. The van der Waals surface area contributed by atoms with E-state index in [2.05, 4.69) is 45.0 Å². The maximum absolute atomic E-state index is 13.1. The average Bonchev–Trinajstić information content (AvgIpc) is 2.90. The van der Waals surface area contributed by atoms with Crippen LogP contribution in [0.25, 0.3) is 0 Å². The Bertz CT molecular complexity index is 1110. The Morgan fingerprint density at radius 1 is 0.921 bits per heavy atom. The van der Waals surface area contributed by atoms with E-state index in [1.165, 1.54) is 5.56 Å². The van der Waals surface area contributed by atoms with Gasteiger partial charge in [-0.1, -0.05) is 106 Å². The number of hydrogen-bond acceptors (Lipinski definition) is 4. The zero-order valence-electron chi connectivity index (χ0n) is 22.1. The van der Waals surface area contributed by atoms with Crippen molar-refractivity contribution in [3.63, 3.8) is 0 Å². The number of aliphatic hydroxyl groups is 1. The number of amides is 1. The molecular weight excluding hydrogens is 504 g/mol. The summed E-state index contributed by atoms with van der Waals surface area (Å²) < 4.78 is 37.7. The van der Waals surface area contributed by atoms with E-state index in [1.54, 1.807) is 24.3 Å². The summed E-state index contributed by atoms with van der Waals surface area (Å²) in [4.78, 5) is 13.4. The predicted octanol–water partition coefficient (Wildman–Crippen LogP) is 4.76. The number of benzene rings is 3. The van der Waals surface area contributed by atoms with E-state index in [4.69, 9.17) is 9.16 Å². The maximum Gasteiger partial charge on any atom is 0.410 e. The number of carbonyl (C=O) groups excluding carboxylic acids is 1. The molecule has 3 rings (SSSR count). The van der Waals surface area contributed by atoms with Crippen LogP contribution in [-0.2, 0) is 21.2 Å². The predicted molar refractivity (Wildman–Crippen MR) is 147 cm³/mol. The fourth-order valence-electron chi connectivity index (χ4n) is 3.85. The summed E-state index contributed by atoms with van der Waals surface area (Å²) in [5, 5.41) is 12.7. The number of rotatable bonds is 12. The van der Waals surface area contributed by atoms with Crippen LogP contribution in [0.15, 0.2) is 84.9 Å². The Labute approximate surface area is 225 Å². The summed E-state index contributed by atoms with van der Waals surface area (Å²) in [5.41, 5.74) is 2.01. The average molecular weight is 541 g/mol. The Kier molecular flexibility index (Phi) is 11.0. The smallest absolute Gasteiger partial charge is 0.410 e. The molecule has 1 atom stereocenters. The lowest BCUT2D eigenvalue weighted by atomic mass is 9.87. The quantitative estimate of drug-likeness (QED) is 0.337. The first-order valence-electron chi connectivity index (χ1n) is 12.7. The number of nitrogens with zero attached hydrogens (tertiary/aromatic N) is 1. The molecule has 0 bridgehead atoms. The minimum absolute atomic E-state index is 0.0120. The van der Waals surface area contributed by atoms with E-state index in [0.717, 1.165) is 20.8 Å². The molecule has 0 aliphatic rings. The van der Waals surface area contributed by atoms with Gasteiger partial charge in [0.15, 0.2) is 0 Å². The lowest BCUT2D eigenvalue weighted by Gasteiger charge is -2.24. The van der Waals surface area contributed by atoms with Gasteiger partial charge in [0.2, 0.25) is 0 Å². The van der Waals surface area contributed by atoms with E-state index in [0.29, 0.717) is 0 Å². The molecular formula is C30H36F2NO4Si. The maximum atomic E-state index is 13.1. The molecule has 1 N–H and O–H groups in total. The molecule has 0 aliphatic heterocycles. The van der Waals surface area contributed by atoms with Gasteiger partial charge in [0.1, 0.15) is 6.61 Å². The van der Waals surface area contributed by atoms with Gasteiger partial charge in [-0.2, -0.15) is 0 Å². The van der Waals surface area contributed by atoms with Gasteiger partial charge in [-0.15, -0.1) is 0 Å². The molecule has 3 aromatic rings. The van der Waals surface area contributed by atoms with Gasteiger partial charge in [-0.3, -0.25) is 0 Å². The lowest BCUT2D eigenvalue weighted by Crippen LogP contribution is -2.46. The van der Waals surface area contributed by atoms with Crippen LogP contribution in [0.1, 0.15) is 38.3 Å². The first-order valence-corrected chi connectivity index (χ1v) is 14.1. The normalized spacial score (nSPS) is 12.5. The third-order valence-electron chi connectivity index (χ3n) is 6.02. The fraction of sp³-hybridized carbons (Fsp3) is 0.367. The van der Waals surface area contributed by atoms with Crippen molar-refractivity contribution in [1.29, 1.82) is 0 Å². The summed E-state index contributed by atoms with van der Waals surface area (Å²) in [6.07, 6.45) is -4.40. The standard InChI is InChI=1S/C30H36F2NO4Si/c1-30(2,3)24-14-16-27(17-15-24)38(26-12-8-5-9-13-26)37-22-25(34)18-19-33(20-28(31)32)29(35)36-21-23-10-6-4-7-11-23/h4-17,25,28,34H,18-22H2,1-3H3.